The summed E-state index contributed by atoms with van der Waals surface area (Å²) in [7, 11) is 1.68. The maximum absolute atomic E-state index is 5.39. The highest BCUT2D eigenvalue weighted by Gasteiger charge is 2.09. The molecule has 142 valence electrons. The van der Waals surface area contributed by atoms with E-state index in [2.05, 4.69) is 53.8 Å². The molecule has 0 atom stereocenters. The zero-order valence-corrected chi connectivity index (χ0v) is 16.6. The summed E-state index contributed by atoms with van der Waals surface area (Å²) in [6, 6.07) is 29.0. The Balaban J connectivity index is 0.00000225. The van der Waals surface area contributed by atoms with E-state index >= 15 is 0 Å². The zero-order valence-electron chi connectivity index (χ0n) is 15.8. The molecule has 0 unspecified atom stereocenters. The number of methoxy groups -OCH3 is 1. The average Bonchev–Trinajstić information content (AvgIpc) is 2.74. The summed E-state index contributed by atoms with van der Waals surface area (Å²) in [5.74, 6) is 0.815. The predicted octanol–water partition coefficient (Wildman–Crippen LogP) is 5.99. The third-order valence-corrected chi connectivity index (χ3v) is 4.66. The Bertz CT molecular complexity index is 1040. The molecule has 4 heteroatoms. The molecule has 4 aromatic rings. The van der Waals surface area contributed by atoms with Gasteiger partial charge in [0.25, 0.3) is 0 Å². The number of halogens is 1. The van der Waals surface area contributed by atoms with Crippen LogP contribution < -0.4 is 10.1 Å². The van der Waals surface area contributed by atoms with E-state index in [1.54, 1.807) is 7.11 Å². The van der Waals surface area contributed by atoms with Gasteiger partial charge >= 0.3 is 0 Å². The summed E-state index contributed by atoms with van der Waals surface area (Å²) in [5.41, 5.74) is 5.41. The molecule has 3 nitrogen and oxygen atoms in total. The minimum Gasteiger partial charge on any atom is -0.497 e. The smallest absolute Gasteiger partial charge is 0.121 e. The number of fused-ring (bicyclic) bond motifs is 1. The van der Waals surface area contributed by atoms with Crippen LogP contribution in [0.1, 0.15) is 5.56 Å². The van der Waals surface area contributed by atoms with Gasteiger partial charge in [0.15, 0.2) is 0 Å². The standard InChI is InChI=1S/C24H22N2O.ClH/c1-27-20-12-13-21-23(25-15-14-18-8-4-2-5-9-18)17-22(26-24(21)16-20)19-10-6-3-7-11-19;/h2-13,16-17H,14-15H2,1H3,(H,25,26);1H. The van der Waals surface area contributed by atoms with Crippen LogP contribution in [0.2, 0.25) is 0 Å². The first kappa shape index (κ1) is 19.7. The molecule has 0 aliphatic carbocycles. The van der Waals surface area contributed by atoms with Crippen LogP contribution in [-0.4, -0.2) is 18.6 Å². The summed E-state index contributed by atoms with van der Waals surface area (Å²) >= 11 is 0. The van der Waals surface area contributed by atoms with Crippen molar-refractivity contribution >= 4 is 29.0 Å². The second-order valence-corrected chi connectivity index (χ2v) is 6.47. The molecule has 0 saturated heterocycles. The molecular weight excluding hydrogens is 368 g/mol. The van der Waals surface area contributed by atoms with Crippen molar-refractivity contribution in [2.75, 3.05) is 19.0 Å². The van der Waals surface area contributed by atoms with Crippen molar-refractivity contribution in [3.8, 4) is 17.0 Å². The Labute approximate surface area is 171 Å². The molecule has 1 aromatic heterocycles. The fraction of sp³-hybridized carbons (Fsp3) is 0.125. The summed E-state index contributed by atoms with van der Waals surface area (Å²) in [4.78, 5) is 4.86. The van der Waals surface area contributed by atoms with Crippen LogP contribution in [0.15, 0.2) is 84.9 Å². The van der Waals surface area contributed by atoms with Crippen molar-refractivity contribution in [2.24, 2.45) is 0 Å². The number of nitrogens with one attached hydrogen (secondary N) is 1. The molecule has 0 fully saturated rings. The Morgan fingerprint density at radius 1 is 0.857 bits per heavy atom. The number of ether oxygens (including phenoxy) is 1. The summed E-state index contributed by atoms with van der Waals surface area (Å²) < 4.78 is 5.39. The van der Waals surface area contributed by atoms with Crippen LogP contribution in [0.3, 0.4) is 0 Å². The zero-order chi connectivity index (χ0) is 18.5. The topological polar surface area (TPSA) is 34.1 Å². The number of benzene rings is 3. The highest BCUT2D eigenvalue weighted by molar-refractivity contribution is 5.94. The Hall–Kier alpha value is -3.04. The number of hydrogen-bond donors (Lipinski definition) is 1. The molecule has 0 spiro atoms. The molecule has 0 saturated carbocycles. The van der Waals surface area contributed by atoms with Crippen LogP contribution in [0.5, 0.6) is 5.75 Å². The second-order valence-electron chi connectivity index (χ2n) is 6.47. The molecule has 3 aromatic carbocycles. The lowest BCUT2D eigenvalue weighted by atomic mass is 10.1. The van der Waals surface area contributed by atoms with Gasteiger partial charge in [-0.3, -0.25) is 0 Å². The summed E-state index contributed by atoms with van der Waals surface area (Å²) in [6.07, 6.45) is 0.974. The molecule has 1 heterocycles. The molecule has 0 bridgehead atoms. The van der Waals surface area contributed by atoms with Crippen LogP contribution >= 0.6 is 12.4 Å². The lowest BCUT2D eigenvalue weighted by Crippen LogP contribution is -2.06. The van der Waals surface area contributed by atoms with Crippen molar-refractivity contribution in [3.05, 3.63) is 90.5 Å². The lowest BCUT2D eigenvalue weighted by molar-refractivity contribution is 0.415. The Morgan fingerprint density at radius 2 is 1.57 bits per heavy atom. The highest BCUT2D eigenvalue weighted by Crippen LogP contribution is 2.30. The number of anilines is 1. The van der Waals surface area contributed by atoms with Gasteiger partial charge in [-0.15, -0.1) is 12.4 Å². The van der Waals surface area contributed by atoms with Crippen LogP contribution in [0.4, 0.5) is 5.69 Å². The highest BCUT2D eigenvalue weighted by atomic mass is 35.5. The van der Waals surface area contributed by atoms with Gasteiger partial charge in [0, 0.05) is 29.2 Å². The monoisotopic (exact) mass is 390 g/mol. The third kappa shape index (κ3) is 4.44. The first-order valence-corrected chi connectivity index (χ1v) is 9.15. The maximum atomic E-state index is 5.39. The van der Waals surface area contributed by atoms with Crippen LogP contribution in [-0.2, 0) is 6.42 Å². The first-order valence-electron chi connectivity index (χ1n) is 9.15. The van der Waals surface area contributed by atoms with Gasteiger partial charge in [-0.25, -0.2) is 4.98 Å². The number of rotatable bonds is 6. The van der Waals surface area contributed by atoms with Gasteiger partial charge < -0.3 is 10.1 Å². The predicted molar refractivity (Wildman–Crippen MR) is 120 cm³/mol. The van der Waals surface area contributed by atoms with Crippen molar-refractivity contribution < 1.29 is 4.74 Å². The minimum absolute atomic E-state index is 0. The van der Waals surface area contributed by atoms with Gasteiger partial charge in [0.2, 0.25) is 0 Å². The van der Waals surface area contributed by atoms with E-state index < -0.39 is 0 Å². The van der Waals surface area contributed by atoms with Crippen molar-refractivity contribution in [3.63, 3.8) is 0 Å². The third-order valence-electron chi connectivity index (χ3n) is 4.66. The van der Waals surface area contributed by atoms with E-state index in [1.165, 1.54) is 5.56 Å². The minimum atomic E-state index is 0. The van der Waals surface area contributed by atoms with E-state index in [4.69, 9.17) is 9.72 Å². The second kappa shape index (κ2) is 9.25. The summed E-state index contributed by atoms with van der Waals surface area (Å²) in [6.45, 7) is 0.864. The molecule has 0 amide bonds. The van der Waals surface area contributed by atoms with Crippen LogP contribution in [0, 0.1) is 0 Å². The van der Waals surface area contributed by atoms with E-state index in [9.17, 15) is 0 Å². The lowest BCUT2D eigenvalue weighted by Gasteiger charge is -2.13. The number of aromatic nitrogens is 1. The molecular formula is C24H23ClN2O. The largest absolute Gasteiger partial charge is 0.497 e. The van der Waals surface area contributed by atoms with Crippen molar-refractivity contribution in [1.29, 1.82) is 0 Å². The van der Waals surface area contributed by atoms with Gasteiger partial charge in [0.05, 0.1) is 18.3 Å². The molecule has 0 aliphatic rings. The average molecular weight is 391 g/mol. The van der Waals surface area contributed by atoms with Gasteiger partial charge in [-0.2, -0.15) is 0 Å². The number of pyridine rings is 1. The molecule has 1 N–H and O–H groups in total. The van der Waals surface area contributed by atoms with E-state index in [0.717, 1.165) is 46.6 Å². The van der Waals surface area contributed by atoms with Gasteiger partial charge in [-0.1, -0.05) is 60.7 Å². The van der Waals surface area contributed by atoms with Crippen molar-refractivity contribution in [1.82, 2.24) is 4.98 Å². The molecule has 0 aliphatic heterocycles. The van der Waals surface area contributed by atoms with Gasteiger partial charge in [0.1, 0.15) is 5.75 Å². The first-order chi connectivity index (χ1) is 13.3. The summed E-state index contributed by atoms with van der Waals surface area (Å²) in [5, 5.41) is 4.70. The molecule has 4 rings (SSSR count). The van der Waals surface area contributed by atoms with Crippen LogP contribution in [0.25, 0.3) is 22.2 Å². The maximum Gasteiger partial charge on any atom is 0.121 e. The van der Waals surface area contributed by atoms with E-state index in [0.29, 0.717) is 0 Å². The number of nitrogens with zero attached hydrogens (tertiary/aromatic N) is 1. The Morgan fingerprint density at radius 3 is 2.29 bits per heavy atom. The Kier molecular flexibility index (Phi) is 6.51. The van der Waals surface area contributed by atoms with Gasteiger partial charge in [-0.05, 0) is 30.2 Å². The molecule has 0 radical (unpaired) electrons. The fourth-order valence-electron chi connectivity index (χ4n) is 3.22. The van der Waals surface area contributed by atoms with E-state index in [-0.39, 0.29) is 12.4 Å². The molecule has 28 heavy (non-hydrogen) atoms. The number of hydrogen-bond acceptors (Lipinski definition) is 3. The SMILES string of the molecule is COc1ccc2c(NCCc3ccccc3)cc(-c3ccccc3)nc2c1.Cl. The van der Waals surface area contributed by atoms with Crippen molar-refractivity contribution in [2.45, 2.75) is 6.42 Å². The normalized spacial score (nSPS) is 10.3. The van der Waals surface area contributed by atoms with E-state index in [1.807, 2.05) is 36.4 Å². The quantitative estimate of drug-likeness (QED) is 0.439. The fourth-order valence-corrected chi connectivity index (χ4v) is 3.22.